The van der Waals surface area contributed by atoms with Gasteiger partial charge < -0.3 is 10.1 Å². The van der Waals surface area contributed by atoms with Crippen LogP contribution in [0.15, 0.2) is 18.2 Å². The highest BCUT2D eigenvalue weighted by Gasteiger charge is 2.12. The molecule has 1 N–H and O–H groups in total. The number of nitro benzene ring substituents is 1. The van der Waals surface area contributed by atoms with Gasteiger partial charge in [0.05, 0.1) is 15.6 Å². The van der Waals surface area contributed by atoms with Gasteiger partial charge in [0, 0.05) is 18.6 Å². The number of rotatable bonds is 7. The number of nitrogens with one attached hydrogen (secondary N) is 1. The smallest absolute Gasteiger partial charge is 0.306 e. The fourth-order valence-corrected chi connectivity index (χ4v) is 1.67. The minimum atomic E-state index is -0.590. The van der Waals surface area contributed by atoms with E-state index >= 15 is 0 Å². The molecule has 0 saturated carbocycles. The van der Waals surface area contributed by atoms with E-state index in [1.807, 2.05) is 6.92 Å². The van der Waals surface area contributed by atoms with Crippen LogP contribution >= 0.6 is 11.6 Å². The average molecular weight is 315 g/mol. The summed E-state index contributed by atoms with van der Waals surface area (Å²) >= 11 is 5.82. The molecule has 0 heterocycles. The summed E-state index contributed by atoms with van der Waals surface area (Å²) < 4.78 is 4.78. The molecule has 0 aromatic heterocycles. The van der Waals surface area contributed by atoms with E-state index in [4.69, 9.17) is 16.3 Å². The van der Waals surface area contributed by atoms with Gasteiger partial charge >= 0.3 is 5.97 Å². The van der Waals surface area contributed by atoms with Crippen LogP contribution < -0.4 is 5.32 Å². The van der Waals surface area contributed by atoms with Crippen molar-refractivity contribution in [3.63, 3.8) is 0 Å². The molecular formula is C13H15ClN2O5. The minimum Gasteiger partial charge on any atom is -0.456 e. The van der Waals surface area contributed by atoms with Crippen LogP contribution in [0.25, 0.3) is 0 Å². The first-order valence-electron chi connectivity index (χ1n) is 6.33. The largest absolute Gasteiger partial charge is 0.456 e. The molecule has 0 radical (unpaired) electrons. The van der Waals surface area contributed by atoms with E-state index in [9.17, 15) is 19.7 Å². The number of carbonyl (C=O) groups excluding carboxylic acids is 2. The van der Waals surface area contributed by atoms with Gasteiger partial charge in [0.15, 0.2) is 6.61 Å². The third-order valence-electron chi connectivity index (χ3n) is 2.54. The third-order valence-corrected chi connectivity index (χ3v) is 2.85. The number of nitro groups is 1. The lowest BCUT2D eigenvalue weighted by Crippen LogP contribution is -2.21. The average Bonchev–Trinajstić information content (AvgIpc) is 2.44. The molecule has 1 rings (SSSR count). The van der Waals surface area contributed by atoms with Crippen LogP contribution in [0.3, 0.4) is 0 Å². The van der Waals surface area contributed by atoms with Gasteiger partial charge in [-0.2, -0.15) is 0 Å². The number of unbranched alkanes of at least 4 members (excludes halogenated alkanes) is 1. The Hall–Kier alpha value is -2.15. The molecule has 1 aromatic rings. The molecular weight excluding hydrogens is 300 g/mol. The molecule has 0 aliphatic rings. The van der Waals surface area contributed by atoms with Gasteiger partial charge in [-0.3, -0.25) is 19.7 Å². The first kappa shape index (κ1) is 16.9. The maximum atomic E-state index is 11.6. The molecule has 0 atom stereocenters. The van der Waals surface area contributed by atoms with Crippen molar-refractivity contribution in [2.45, 2.75) is 26.2 Å². The van der Waals surface area contributed by atoms with Gasteiger partial charge in [0.1, 0.15) is 0 Å². The second-order valence-electron chi connectivity index (χ2n) is 4.23. The van der Waals surface area contributed by atoms with Crippen molar-refractivity contribution in [2.24, 2.45) is 0 Å². The van der Waals surface area contributed by atoms with Gasteiger partial charge in [0.2, 0.25) is 0 Å². The number of ether oxygens (including phenoxy) is 1. The van der Waals surface area contributed by atoms with E-state index in [1.165, 1.54) is 12.1 Å². The summed E-state index contributed by atoms with van der Waals surface area (Å²) in [7, 11) is 0. The van der Waals surface area contributed by atoms with Crippen LogP contribution in [-0.2, 0) is 14.3 Å². The molecule has 1 amide bonds. The van der Waals surface area contributed by atoms with Crippen LogP contribution in [0.2, 0.25) is 5.02 Å². The Balaban J connectivity index is 2.51. The molecule has 0 aliphatic heterocycles. The van der Waals surface area contributed by atoms with Crippen LogP contribution in [-0.4, -0.2) is 23.4 Å². The van der Waals surface area contributed by atoms with Gasteiger partial charge in [-0.1, -0.05) is 24.9 Å². The fraction of sp³-hybridized carbons (Fsp3) is 0.385. The quantitative estimate of drug-likeness (QED) is 0.474. The summed E-state index contributed by atoms with van der Waals surface area (Å²) in [5.41, 5.74) is 0.0425. The van der Waals surface area contributed by atoms with Crippen molar-refractivity contribution < 1.29 is 19.2 Å². The maximum Gasteiger partial charge on any atom is 0.306 e. The van der Waals surface area contributed by atoms with Crippen LogP contribution in [0.4, 0.5) is 11.4 Å². The Labute approximate surface area is 126 Å². The second-order valence-corrected chi connectivity index (χ2v) is 4.64. The molecule has 8 heteroatoms. The zero-order valence-electron chi connectivity index (χ0n) is 11.4. The summed E-state index contributed by atoms with van der Waals surface area (Å²) in [4.78, 5) is 32.8. The highest BCUT2D eigenvalue weighted by Crippen LogP contribution is 2.26. The van der Waals surface area contributed by atoms with Gasteiger partial charge in [-0.15, -0.1) is 0 Å². The van der Waals surface area contributed by atoms with Crippen molar-refractivity contribution in [3.8, 4) is 0 Å². The number of hydrogen-bond acceptors (Lipinski definition) is 5. The highest BCUT2D eigenvalue weighted by atomic mass is 35.5. The summed E-state index contributed by atoms with van der Waals surface area (Å²) in [5.74, 6) is -1.00. The Morgan fingerprint density at radius 2 is 2.14 bits per heavy atom. The lowest BCUT2D eigenvalue weighted by molar-refractivity contribution is -0.384. The number of carbonyl (C=O) groups is 2. The lowest BCUT2D eigenvalue weighted by atomic mass is 10.2. The van der Waals surface area contributed by atoms with E-state index in [1.54, 1.807) is 0 Å². The Morgan fingerprint density at radius 1 is 1.43 bits per heavy atom. The molecule has 0 fully saturated rings. The van der Waals surface area contributed by atoms with Crippen molar-refractivity contribution >= 4 is 34.9 Å². The summed E-state index contributed by atoms with van der Waals surface area (Å²) in [6, 6.07) is 3.66. The highest BCUT2D eigenvalue weighted by molar-refractivity contribution is 6.34. The van der Waals surface area contributed by atoms with E-state index in [-0.39, 0.29) is 22.8 Å². The molecule has 7 nitrogen and oxygen atoms in total. The molecule has 114 valence electrons. The first-order chi connectivity index (χ1) is 9.93. The standard InChI is InChI=1S/C13H15ClN2O5/c1-2-3-4-13(18)21-8-12(17)15-11-6-5-9(16(19)20)7-10(11)14/h5-7H,2-4,8H2,1H3,(H,15,17). The van der Waals surface area contributed by atoms with Crippen LogP contribution in [0, 0.1) is 10.1 Å². The van der Waals surface area contributed by atoms with Crippen molar-refractivity contribution in [1.29, 1.82) is 0 Å². The number of benzene rings is 1. The van der Waals surface area contributed by atoms with E-state index in [0.29, 0.717) is 6.42 Å². The van der Waals surface area contributed by atoms with Crippen molar-refractivity contribution in [2.75, 3.05) is 11.9 Å². The summed E-state index contributed by atoms with van der Waals surface area (Å²) in [5, 5.41) is 13.0. The van der Waals surface area contributed by atoms with Crippen LogP contribution in [0.5, 0.6) is 0 Å². The number of hydrogen-bond donors (Lipinski definition) is 1. The zero-order valence-corrected chi connectivity index (χ0v) is 12.2. The van der Waals surface area contributed by atoms with Crippen molar-refractivity contribution in [1.82, 2.24) is 0 Å². The second kappa shape index (κ2) is 8.21. The number of anilines is 1. The molecule has 1 aromatic carbocycles. The predicted molar refractivity (Wildman–Crippen MR) is 77.2 cm³/mol. The molecule has 0 bridgehead atoms. The fourth-order valence-electron chi connectivity index (χ4n) is 1.44. The number of halogens is 1. The van der Waals surface area contributed by atoms with E-state index < -0.39 is 23.4 Å². The number of non-ortho nitro benzene ring substituents is 1. The summed E-state index contributed by atoms with van der Waals surface area (Å²) in [6.45, 7) is 1.52. The predicted octanol–water partition coefficient (Wildman–Crippen LogP) is 2.92. The summed E-state index contributed by atoms with van der Waals surface area (Å²) in [6.07, 6.45) is 1.83. The SMILES string of the molecule is CCCCC(=O)OCC(=O)Nc1ccc([N+](=O)[O-])cc1Cl. The molecule has 0 aliphatic carbocycles. The number of amides is 1. The Morgan fingerprint density at radius 3 is 2.71 bits per heavy atom. The number of esters is 1. The Kier molecular flexibility index (Phi) is 6.61. The minimum absolute atomic E-state index is 0.0369. The number of nitrogens with zero attached hydrogens (tertiary/aromatic N) is 1. The van der Waals surface area contributed by atoms with Gasteiger partial charge in [-0.25, -0.2) is 0 Å². The lowest BCUT2D eigenvalue weighted by Gasteiger charge is -2.07. The molecule has 0 spiro atoms. The molecule has 0 saturated heterocycles. The third kappa shape index (κ3) is 5.78. The van der Waals surface area contributed by atoms with Gasteiger partial charge in [0.25, 0.3) is 11.6 Å². The maximum absolute atomic E-state index is 11.6. The normalized spacial score (nSPS) is 10.0. The van der Waals surface area contributed by atoms with Crippen LogP contribution in [0.1, 0.15) is 26.2 Å². The Bertz CT molecular complexity index is 547. The van der Waals surface area contributed by atoms with Crippen molar-refractivity contribution in [3.05, 3.63) is 33.3 Å². The molecule has 0 unspecified atom stereocenters. The van der Waals surface area contributed by atoms with Gasteiger partial charge in [-0.05, 0) is 12.5 Å². The zero-order chi connectivity index (χ0) is 15.8. The topological polar surface area (TPSA) is 98.5 Å². The monoisotopic (exact) mass is 314 g/mol. The molecule has 21 heavy (non-hydrogen) atoms. The first-order valence-corrected chi connectivity index (χ1v) is 6.71. The van der Waals surface area contributed by atoms with E-state index in [0.717, 1.165) is 12.5 Å². The van der Waals surface area contributed by atoms with E-state index in [2.05, 4.69) is 5.32 Å².